The Kier molecular flexibility index (Phi) is 14.5. The summed E-state index contributed by atoms with van der Waals surface area (Å²) in [5.41, 5.74) is 0.0920. The first-order valence-corrected chi connectivity index (χ1v) is 23.2. The highest BCUT2D eigenvalue weighted by atomic mass is 79.9. The molecule has 3 amide bonds. The van der Waals surface area contributed by atoms with Crippen LogP contribution >= 0.6 is 31.9 Å². The zero-order chi connectivity index (χ0) is 44.3. The third-order valence-electron chi connectivity index (χ3n) is 12.2. The molecule has 2 aliphatic carbocycles. The van der Waals surface area contributed by atoms with E-state index in [1.807, 2.05) is 77.9 Å². The van der Waals surface area contributed by atoms with Crippen molar-refractivity contribution in [1.29, 1.82) is 0 Å². The molecule has 0 aromatic heterocycles. The highest BCUT2D eigenvalue weighted by Gasteiger charge is 2.52. The van der Waals surface area contributed by atoms with Crippen molar-refractivity contribution in [3.63, 3.8) is 0 Å². The van der Waals surface area contributed by atoms with E-state index in [1.165, 1.54) is 0 Å². The minimum atomic E-state index is -0.523. The summed E-state index contributed by atoms with van der Waals surface area (Å²) in [7, 11) is 0. The lowest BCUT2D eigenvalue weighted by Crippen LogP contribution is -2.63. The number of fused-ring (bicyclic) bond motifs is 8. The molecule has 0 spiro atoms. The minimum Gasteiger partial charge on any atom is -0.486 e. The second-order valence-corrected chi connectivity index (χ2v) is 21.3. The molecule has 2 aromatic carbocycles. The van der Waals surface area contributed by atoms with Crippen LogP contribution in [0.5, 0.6) is 11.5 Å². The maximum Gasteiger partial charge on any atom is 0.408 e. The number of halogens is 2. The lowest BCUT2D eigenvalue weighted by atomic mass is 9.69. The summed E-state index contributed by atoms with van der Waals surface area (Å²) in [5, 5.41) is 6.10. The van der Waals surface area contributed by atoms with E-state index < -0.39 is 11.2 Å². The van der Waals surface area contributed by atoms with Gasteiger partial charge < -0.3 is 44.0 Å². The summed E-state index contributed by atoms with van der Waals surface area (Å²) in [5.74, 6) is 1.66. The average Bonchev–Trinajstić information content (AvgIpc) is 3.18. The minimum absolute atomic E-state index is 0.0374. The van der Waals surface area contributed by atoms with Crippen molar-refractivity contribution in [3.05, 3.63) is 50.9 Å². The van der Waals surface area contributed by atoms with Crippen LogP contribution in [-0.2, 0) is 35.0 Å². The highest BCUT2D eigenvalue weighted by Crippen LogP contribution is 2.47. The van der Waals surface area contributed by atoms with Gasteiger partial charge in [-0.2, -0.15) is 0 Å². The molecule has 4 bridgehead atoms. The van der Waals surface area contributed by atoms with Crippen molar-refractivity contribution in [3.8, 4) is 11.5 Å². The molecule has 2 saturated carbocycles. The van der Waals surface area contributed by atoms with Crippen molar-refractivity contribution in [2.75, 3.05) is 37.9 Å². The van der Waals surface area contributed by atoms with E-state index in [0.29, 0.717) is 26.2 Å². The largest absolute Gasteiger partial charge is 0.486 e. The summed E-state index contributed by atoms with van der Waals surface area (Å²) in [4.78, 5) is 49.5. The van der Waals surface area contributed by atoms with Gasteiger partial charge in [-0.15, -0.1) is 0 Å². The third-order valence-corrected chi connectivity index (χ3v) is 13.2. The van der Waals surface area contributed by atoms with Crippen molar-refractivity contribution >= 4 is 61.4 Å². The smallest absolute Gasteiger partial charge is 0.408 e. The van der Waals surface area contributed by atoms with Crippen molar-refractivity contribution in [2.24, 2.45) is 0 Å². The molecule has 0 atom stereocenters. The predicted molar refractivity (Wildman–Crippen MR) is 238 cm³/mol. The van der Waals surface area contributed by atoms with Crippen LogP contribution in [0.4, 0.5) is 15.3 Å². The van der Waals surface area contributed by atoms with Gasteiger partial charge in [0.2, 0.25) is 0 Å². The Morgan fingerprint density at radius 3 is 1.69 bits per heavy atom. The van der Waals surface area contributed by atoms with Gasteiger partial charge in [0.1, 0.15) is 29.3 Å². The van der Waals surface area contributed by atoms with Crippen LogP contribution < -0.4 is 25.0 Å². The van der Waals surface area contributed by atoms with Gasteiger partial charge >= 0.3 is 12.2 Å². The third kappa shape index (κ3) is 12.4. The molecule has 6 aliphatic heterocycles. The molecule has 0 unspecified atom stereocenters. The summed E-state index contributed by atoms with van der Waals surface area (Å²) < 4.78 is 35.8. The Bertz CT molecular complexity index is 1890. The molecule has 10 rings (SSSR count). The topological polar surface area (TPSA) is 151 Å². The van der Waals surface area contributed by atoms with Crippen LogP contribution in [0.1, 0.15) is 125 Å². The lowest BCUT2D eigenvalue weighted by Gasteiger charge is -2.53. The molecule has 2 N–H and O–H groups in total. The number of nitrogens with one attached hydrogen (secondary N) is 2. The summed E-state index contributed by atoms with van der Waals surface area (Å²) in [6.45, 7) is 15.4. The Hall–Kier alpha value is -3.40. The SMILES string of the molecule is CC(C)(C)OC(=O)NC12CCC(CCN3C(=O)COc4ccc(Br)cc43)(CC1)OC2.CCCC12CCC(NC(=O)OC(C)(C)C)(CC1)CO2.O=C1COc2ccc(Br)cc2C1. The predicted octanol–water partition coefficient (Wildman–Crippen LogP) is 9.52. The van der Waals surface area contributed by atoms with Crippen molar-refractivity contribution in [2.45, 2.75) is 159 Å². The number of nitrogens with zero attached hydrogens (tertiary/aromatic N) is 1. The maximum atomic E-state index is 12.5. The van der Waals surface area contributed by atoms with Gasteiger partial charge in [-0.05, 0) is 142 Å². The van der Waals surface area contributed by atoms with Gasteiger partial charge in [0.05, 0.1) is 41.2 Å². The fraction of sp³-hybridized carbons (Fsp3) is 0.652. The molecule has 8 aliphatic rings. The first kappa shape index (κ1) is 47.1. The van der Waals surface area contributed by atoms with E-state index in [0.717, 1.165) is 102 Å². The van der Waals surface area contributed by atoms with Crippen molar-refractivity contribution < 1.29 is 47.6 Å². The van der Waals surface area contributed by atoms with E-state index in [4.69, 9.17) is 28.4 Å². The van der Waals surface area contributed by atoms with Crippen LogP contribution in [0.3, 0.4) is 0 Å². The number of alkyl carbamates (subject to hydrolysis) is 2. The van der Waals surface area contributed by atoms with Crippen LogP contribution in [0.15, 0.2) is 45.3 Å². The summed E-state index contributed by atoms with van der Waals surface area (Å²) >= 11 is 6.82. The fourth-order valence-electron chi connectivity index (χ4n) is 8.98. The molecule has 15 heteroatoms. The van der Waals surface area contributed by atoms with Crippen LogP contribution in [-0.4, -0.2) is 90.3 Å². The molecular weight excluding hydrogens is 914 g/mol. The Morgan fingerprint density at radius 2 is 1.20 bits per heavy atom. The number of hydrogen-bond acceptors (Lipinski definition) is 10. The number of benzene rings is 2. The number of Topliss-reactive ketones (excluding diaryl/α,β-unsaturated/α-hetero) is 1. The van der Waals surface area contributed by atoms with Gasteiger partial charge in [-0.3, -0.25) is 9.59 Å². The van der Waals surface area contributed by atoms with Crippen LogP contribution in [0.2, 0.25) is 0 Å². The number of ketones is 1. The van der Waals surface area contributed by atoms with E-state index in [-0.39, 0.29) is 59.4 Å². The molecule has 336 valence electrons. The second-order valence-electron chi connectivity index (χ2n) is 19.5. The van der Waals surface area contributed by atoms with Gasteiger partial charge in [0, 0.05) is 27.5 Å². The molecule has 6 fully saturated rings. The summed E-state index contributed by atoms with van der Waals surface area (Å²) in [6.07, 6.45) is 10.4. The van der Waals surface area contributed by atoms with Crippen LogP contribution in [0, 0.1) is 0 Å². The first-order chi connectivity index (χ1) is 28.6. The van der Waals surface area contributed by atoms with Crippen molar-refractivity contribution in [1.82, 2.24) is 10.6 Å². The van der Waals surface area contributed by atoms with E-state index in [1.54, 1.807) is 4.90 Å². The first-order valence-electron chi connectivity index (χ1n) is 21.6. The average molecular weight is 978 g/mol. The second kappa shape index (κ2) is 18.8. The lowest BCUT2D eigenvalue weighted by molar-refractivity contribution is -0.164. The molecule has 4 saturated heterocycles. The molecule has 6 heterocycles. The number of hydrogen-bond donors (Lipinski definition) is 2. The van der Waals surface area contributed by atoms with Gasteiger partial charge in [0.15, 0.2) is 12.4 Å². The van der Waals surface area contributed by atoms with Gasteiger partial charge in [0.25, 0.3) is 5.91 Å². The monoisotopic (exact) mass is 975 g/mol. The fourth-order valence-corrected chi connectivity index (χ4v) is 9.73. The zero-order valence-corrected chi connectivity index (χ0v) is 39.9. The molecule has 0 radical (unpaired) electrons. The zero-order valence-electron chi connectivity index (χ0n) is 36.8. The number of carbonyl (C=O) groups is 4. The Labute approximate surface area is 377 Å². The van der Waals surface area contributed by atoms with E-state index in [2.05, 4.69) is 49.4 Å². The normalized spacial score (nSPS) is 27.4. The molecule has 13 nitrogen and oxygen atoms in total. The van der Waals surface area contributed by atoms with Gasteiger partial charge in [-0.1, -0.05) is 45.2 Å². The maximum absolute atomic E-state index is 12.5. The molecule has 61 heavy (non-hydrogen) atoms. The highest BCUT2D eigenvalue weighted by molar-refractivity contribution is 9.10. The Balaban J connectivity index is 0.000000170. The number of rotatable bonds is 7. The number of ether oxygens (including phenoxy) is 6. The standard InChI is InChI=1S/C22H29BrN2O5.C15H27NO3.C9H7BrO2/c1-20(2,3)30-19(27)24-21-6-8-22(9-7-21,29-14-21)10-11-25-16-12-15(23)4-5-17(16)28-13-18(25)26;1-5-6-15-9-7-14(8-10-15,11-18-15)16-12(17)19-13(2,3)4;10-7-1-2-9-6(3-7)4-8(11)5-12-9/h4-5,12H,6-11,13-14H2,1-3H3,(H,24,27);5-11H2,1-4H3,(H,16,17);1-3H,4-5H2. The quantitative estimate of drug-likeness (QED) is 0.275. The number of amides is 3. The number of carbonyl (C=O) groups excluding carboxylic acids is 4. The molecule has 2 aromatic rings. The van der Waals surface area contributed by atoms with Gasteiger partial charge in [-0.25, -0.2) is 9.59 Å². The number of anilines is 1. The van der Waals surface area contributed by atoms with E-state index in [9.17, 15) is 19.2 Å². The van der Waals surface area contributed by atoms with E-state index >= 15 is 0 Å². The Morgan fingerprint density at radius 1 is 0.705 bits per heavy atom. The summed E-state index contributed by atoms with van der Waals surface area (Å²) in [6, 6.07) is 11.4. The molecular formula is C46H63Br2N3O10. The van der Waals surface area contributed by atoms with Crippen LogP contribution in [0.25, 0.3) is 0 Å².